The molecule has 0 bridgehead atoms. The van der Waals surface area contributed by atoms with Crippen LogP contribution in [0.15, 0.2) is 35.9 Å². The number of benzene rings is 2. The maximum absolute atomic E-state index is 10.3. The molecule has 0 aromatic heterocycles. The molecule has 0 saturated heterocycles. The highest BCUT2D eigenvalue weighted by Gasteiger charge is 2.42. The molecule has 0 unspecified atom stereocenters. The fourth-order valence-electron chi connectivity index (χ4n) is 3.84. The number of ether oxygens (including phenoxy) is 4. The van der Waals surface area contributed by atoms with Crippen molar-refractivity contribution in [1.29, 1.82) is 0 Å². The Kier molecular flexibility index (Phi) is 3.68. The lowest BCUT2D eigenvalue weighted by molar-refractivity contribution is 0.138. The Balaban J connectivity index is 1.51. The van der Waals surface area contributed by atoms with Crippen LogP contribution in [0.1, 0.15) is 35.6 Å². The molecule has 140 valence electrons. The molecule has 2 aromatic rings. The largest absolute Gasteiger partial charge is 0.508 e. The minimum Gasteiger partial charge on any atom is -0.508 e. The van der Waals surface area contributed by atoms with Gasteiger partial charge in [-0.1, -0.05) is 11.6 Å². The van der Waals surface area contributed by atoms with Gasteiger partial charge in [0, 0.05) is 23.3 Å². The highest BCUT2D eigenvalue weighted by molar-refractivity contribution is 5.58. The van der Waals surface area contributed by atoms with Crippen LogP contribution >= 0.6 is 0 Å². The van der Waals surface area contributed by atoms with Crippen LogP contribution in [0.5, 0.6) is 28.7 Å². The summed E-state index contributed by atoms with van der Waals surface area (Å²) in [7, 11) is 0. The highest BCUT2D eigenvalue weighted by Crippen LogP contribution is 2.54. The second kappa shape index (κ2) is 6.09. The number of aliphatic hydroxyl groups excluding tert-OH is 1. The van der Waals surface area contributed by atoms with Gasteiger partial charge in [-0.3, -0.25) is 0 Å². The van der Waals surface area contributed by atoms with Crippen LogP contribution in [-0.4, -0.2) is 30.2 Å². The van der Waals surface area contributed by atoms with Gasteiger partial charge in [-0.25, -0.2) is 0 Å². The minimum absolute atomic E-state index is 0.00669. The predicted octanol–water partition coefficient (Wildman–Crippen LogP) is 3.21. The summed E-state index contributed by atoms with van der Waals surface area (Å²) in [6, 6.07) is 7.45. The smallest absolute Gasteiger partial charge is 0.231 e. The van der Waals surface area contributed by atoms with Crippen molar-refractivity contribution in [3.63, 3.8) is 0 Å². The van der Waals surface area contributed by atoms with Crippen LogP contribution in [0, 0.1) is 0 Å². The van der Waals surface area contributed by atoms with Gasteiger partial charge in [0.2, 0.25) is 6.79 Å². The van der Waals surface area contributed by atoms with Gasteiger partial charge in [0.05, 0.1) is 19.1 Å². The van der Waals surface area contributed by atoms with Crippen LogP contribution in [0.25, 0.3) is 0 Å². The first-order valence-electron chi connectivity index (χ1n) is 8.99. The summed E-state index contributed by atoms with van der Waals surface area (Å²) < 4.78 is 23.1. The van der Waals surface area contributed by atoms with E-state index in [9.17, 15) is 10.2 Å². The maximum atomic E-state index is 10.3. The fourth-order valence-corrected chi connectivity index (χ4v) is 3.84. The van der Waals surface area contributed by atoms with Crippen molar-refractivity contribution >= 4 is 0 Å². The zero-order chi connectivity index (χ0) is 18.5. The molecule has 2 atom stereocenters. The first-order chi connectivity index (χ1) is 13.1. The molecule has 3 heterocycles. The molecule has 0 aliphatic carbocycles. The lowest BCUT2D eigenvalue weighted by atomic mass is 9.88. The highest BCUT2D eigenvalue weighted by atomic mass is 16.7. The summed E-state index contributed by atoms with van der Waals surface area (Å²) in [5.41, 5.74) is 3.62. The van der Waals surface area contributed by atoms with Crippen molar-refractivity contribution in [2.75, 3.05) is 20.0 Å². The van der Waals surface area contributed by atoms with Crippen molar-refractivity contribution in [2.45, 2.75) is 25.4 Å². The normalized spacial score (nSPS) is 21.8. The number of rotatable bonds is 3. The molecule has 6 heteroatoms. The Hall–Kier alpha value is -2.86. The first kappa shape index (κ1) is 16.3. The van der Waals surface area contributed by atoms with E-state index >= 15 is 0 Å². The molecule has 3 aliphatic heterocycles. The van der Waals surface area contributed by atoms with Gasteiger partial charge in [0.1, 0.15) is 23.4 Å². The van der Waals surface area contributed by atoms with Gasteiger partial charge < -0.3 is 29.2 Å². The molecular formula is C21H20O6. The van der Waals surface area contributed by atoms with Crippen molar-refractivity contribution in [1.82, 2.24) is 0 Å². The molecular weight excluding hydrogens is 348 g/mol. The van der Waals surface area contributed by atoms with Crippen LogP contribution in [-0.2, 0) is 6.42 Å². The summed E-state index contributed by atoms with van der Waals surface area (Å²) in [6.45, 7) is 2.57. The quantitative estimate of drug-likeness (QED) is 0.810. The van der Waals surface area contributed by atoms with Crippen molar-refractivity contribution in [2.24, 2.45) is 0 Å². The third-order valence-electron chi connectivity index (χ3n) is 5.38. The Bertz CT molecular complexity index is 948. The number of phenols is 1. The summed E-state index contributed by atoms with van der Waals surface area (Å²) in [6.07, 6.45) is 2.27. The average molecular weight is 368 g/mol. The summed E-state index contributed by atoms with van der Waals surface area (Å²) in [4.78, 5) is 0. The van der Waals surface area contributed by atoms with Gasteiger partial charge in [-0.15, -0.1) is 0 Å². The Labute approximate surface area is 156 Å². The van der Waals surface area contributed by atoms with Gasteiger partial charge in [-0.2, -0.15) is 0 Å². The summed E-state index contributed by atoms with van der Waals surface area (Å²) >= 11 is 0. The van der Waals surface area contributed by atoms with E-state index in [0.29, 0.717) is 24.5 Å². The Morgan fingerprint density at radius 3 is 2.67 bits per heavy atom. The molecule has 27 heavy (non-hydrogen) atoms. The molecule has 0 spiro atoms. The Morgan fingerprint density at radius 1 is 1.04 bits per heavy atom. The monoisotopic (exact) mass is 368 g/mol. The van der Waals surface area contributed by atoms with Crippen LogP contribution in [0.4, 0.5) is 0 Å². The lowest BCUT2D eigenvalue weighted by Gasteiger charge is -2.28. The average Bonchev–Trinajstić information content (AvgIpc) is 3.27. The number of hydrogen-bond acceptors (Lipinski definition) is 6. The topological polar surface area (TPSA) is 77.4 Å². The zero-order valence-electron chi connectivity index (χ0n) is 14.9. The molecule has 2 N–H and O–H groups in total. The standard InChI is InChI=1S/C21H20O6/c1-11(8-22)2-3-12-4-14-17(6-16(12)23)24-9-15-13-5-19-20(26-10-25-19)7-18(13)27-21(14)15/h2,4-7,15,21-23H,3,8-10H2,1H3/t15-,21-/m0/s1. The number of aromatic hydroxyl groups is 1. The number of fused-ring (bicyclic) bond motifs is 6. The minimum atomic E-state index is -0.173. The van der Waals surface area contributed by atoms with E-state index in [1.54, 1.807) is 6.07 Å². The SMILES string of the molecule is CC(=CCc1cc2c(cc1O)OC[C@H]1c3cc4c(cc3O[C@@H]21)OCO4)CO. The van der Waals surface area contributed by atoms with Gasteiger partial charge in [0.25, 0.3) is 0 Å². The third-order valence-corrected chi connectivity index (χ3v) is 5.38. The molecule has 0 fully saturated rings. The van der Waals surface area contributed by atoms with E-state index < -0.39 is 0 Å². The van der Waals surface area contributed by atoms with E-state index in [0.717, 1.165) is 33.8 Å². The molecule has 2 aromatic carbocycles. The fraction of sp³-hybridized carbons (Fsp3) is 0.333. The van der Waals surface area contributed by atoms with E-state index in [2.05, 4.69) is 0 Å². The predicted molar refractivity (Wildman–Crippen MR) is 96.8 cm³/mol. The second-order valence-electron chi connectivity index (χ2n) is 7.13. The van der Waals surface area contributed by atoms with E-state index in [1.807, 2.05) is 31.2 Å². The number of allylic oxidation sites excluding steroid dienone is 1. The van der Waals surface area contributed by atoms with E-state index in [4.69, 9.17) is 18.9 Å². The third kappa shape index (κ3) is 2.59. The maximum Gasteiger partial charge on any atom is 0.231 e. The number of phenolic OH excluding ortho intramolecular Hbond substituents is 1. The second-order valence-corrected chi connectivity index (χ2v) is 7.13. The molecule has 0 amide bonds. The van der Waals surface area contributed by atoms with Crippen LogP contribution in [0.2, 0.25) is 0 Å². The molecule has 6 nitrogen and oxygen atoms in total. The van der Waals surface area contributed by atoms with Crippen molar-refractivity contribution in [3.05, 3.63) is 52.6 Å². The van der Waals surface area contributed by atoms with Gasteiger partial charge in [0.15, 0.2) is 11.5 Å². The summed E-state index contributed by atoms with van der Waals surface area (Å²) in [5.74, 6) is 3.12. The molecule has 3 aliphatic rings. The van der Waals surface area contributed by atoms with Crippen LogP contribution < -0.4 is 18.9 Å². The van der Waals surface area contributed by atoms with E-state index in [1.165, 1.54) is 0 Å². The Morgan fingerprint density at radius 2 is 1.85 bits per heavy atom. The van der Waals surface area contributed by atoms with E-state index in [-0.39, 0.29) is 31.2 Å². The van der Waals surface area contributed by atoms with Gasteiger partial charge >= 0.3 is 0 Å². The molecule has 5 rings (SSSR count). The molecule has 0 radical (unpaired) electrons. The van der Waals surface area contributed by atoms with Crippen molar-refractivity contribution in [3.8, 4) is 28.7 Å². The zero-order valence-corrected chi connectivity index (χ0v) is 14.9. The van der Waals surface area contributed by atoms with Crippen molar-refractivity contribution < 1.29 is 29.2 Å². The number of aliphatic hydroxyl groups is 1. The summed E-state index contributed by atoms with van der Waals surface area (Å²) in [5, 5.41) is 19.5. The first-order valence-corrected chi connectivity index (χ1v) is 8.99. The number of hydrogen-bond donors (Lipinski definition) is 2. The lowest BCUT2D eigenvalue weighted by Crippen LogP contribution is -2.23. The van der Waals surface area contributed by atoms with Gasteiger partial charge in [-0.05, 0) is 31.0 Å². The van der Waals surface area contributed by atoms with Crippen LogP contribution in [0.3, 0.4) is 0 Å². The molecule has 0 saturated carbocycles.